The second kappa shape index (κ2) is 10.5. The van der Waals surface area contributed by atoms with E-state index in [1.807, 2.05) is 38.1 Å². The van der Waals surface area contributed by atoms with Crippen LogP contribution < -0.4 is 15.4 Å². The van der Waals surface area contributed by atoms with E-state index in [2.05, 4.69) is 15.6 Å². The van der Waals surface area contributed by atoms with Gasteiger partial charge in [-0.25, -0.2) is 9.78 Å². The Morgan fingerprint density at radius 3 is 2.63 bits per heavy atom. The average molecular weight is 391 g/mol. The highest BCUT2D eigenvalue weighted by Crippen LogP contribution is 2.16. The summed E-state index contributed by atoms with van der Waals surface area (Å²) in [5.74, 6) is 0.968. The van der Waals surface area contributed by atoms with Gasteiger partial charge in [-0.05, 0) is 30.0 Å². The number of anilines is 1. The monoisotopic (exact) mass is 391 g/mol. The van der Waals surface area contributed by atoms with E-state index in [0.717, 1.165) is 17.7 Å². The Morgan fingerprint density at radius 2 is 1.96 bits per heavy atom. The Kier molecular flexibility index (Phi) is 8.06. The Hall–Kier alpha value is -2.61. The summed E-state index contributed by atoms with van der Waals surface area (Å²) < 4.78 is 10.2. The SMILES string of the molecule is COc1ccc(CCNC(=O)Cc2csc(NC(=O)OCC(C)C)n2)cc1. The van der Waals surface area contributed by atoms with Crippen molar-refractivity contribution < 1.29 is 19.1 Å². The van der Waals surface area contributed by atoms with E-state index in [1.165, 1.54) is 11.3 Å². The standard InChI is InChI=1S/C19H25N3O4S/c1-13(2)11-26-19(24)22-18-21-15(12-27-18)10-17(23)20-9-8-14-4-6-16(25-3)7-5-14/h4-7,12-13H,8-11H2,1-3H3,(H,20,23)(H,21,22,24). The fraction of sp³-hybridized carbons (Fsp3) is 0.421. The molecule has 0 bridgehead atoms. The fourth-order valence-electron chi connectivity index (χ4n) is 2.18. The predicted molar refractivity (Wildman–Crippen MR) is 105 cm³/mol. The highest BCUT2D eigenvalue weighted by Gasteiger charge is 2.11. The average Bonchev–Trinajstić information content (AvgIpc) is 3.07. The second-order valence-electron chi connectivity index (χ2n) is 6.39. The van der Waals surface area contributed by atoms with Crippen molar-refractivity contribution in [3.05, 3.63) is 40.9 Å². The van der Waals surface area contributed by atoms with E-state index in [0.29, 0.717) is 24.0 Å². The van der Waals surface area contributed by atoms with Crippen molar-refractivity contribution in [2.45, 2.75) is 26.7 Å². The Bertz CT molecular complexity index is 744. The molecule has 0 saturated carbocycles. The number of methoxy groups -OCH3 is 1. The van der Waals surface area contributed by atoms with Crippen LogP contribution in [0, 0.1) is 5.92 Å². The van der Waals surface area contributed by atoms with Crippen LogP contribution >= 0.6 is 11.3 Å². The molecular weight excluding hydrogens is 366 g/mol. The Balaban J connectivity index is 1.71. The van der Waals surface area contributed by atoms with E-state index in [-0.39, 0.29) is 18.2 Å². The number of hydrogen-bond acceptors (Lipinski definition) is 6. The zero-order valence-electron chi connectivity index (χ0n) is 15.8. The lowest BCUT2D eigenvalue weighted by Crippen LogP contribution is -2.27. The first-order valence-electron chi connectivity index (χ1n) is 8.74. The minimum absolute atomic E-state index is 0.109. The molecule has 0 unspecified atom stereocenters. The first-order valence-corrected chi connectivity index (χ1v) is 9.62. The number of ether oxygens (including phenoxy) is 2. The highest BCUT2D eigenvalue weighted by molar-refractivity contribution is 7.13. The molecule has 2 rings (SSSR count). The number of nitrogens with zero attached hydrogens (tertiary/aromatic N) is 1. The number of amides is 2. The zero-order valence-corrected chi connectivity index (χ0v) is 16.6. The third-order valence-corrected chi connectivity index (χ3v) is 4.35. The summed E-state index contributed by atoms with van der Waals surface area (Å²) in [5, 5.41) is 7.61. The van der Waals surface area contributed by atoms with Crippen molar-refractivity contribution in [2.24, 2.45) is 5.92 Å². The highest BCUT2D eigenvalue weighted by atomic mass is 32.1. The van der Waals surface area contributed by atoms with Crippen molar-refractivity contribution in [1.29, 1.82) is 0 Å². The van der Waals surface area contributed by atoms with Crippen molar-refractivity contribution >= 4 is 28.5 Å². The van der Waals surface area contributed by atoms with Crippen LogP contribution in [-0.2, 0) is 22.4 Å². The van der Waals surface area contributed by atoms with Crippen molar-refractivity contribution in [3.63, 3.8) is 0 Å². The maximum absolute atomic E-state index is 12.0. The quantitative estimate of drug-likeness (QED) is 0.685. The smallest absolute Gasteiger partial charge is 0.413 e. The van der Waals surface area contributed by atoms with E-state index in [9.17, 15) is 9.59 Å². The number of nitrogens with one attached hydrogen (secondary N) is 2. The van der Waals surface area contributed by atoms with Gasteiger partial charge >= 0.3 is 6.09 Å². The molecule has 1 aromatic carbocycles. The summed E-state index contributed by atoms with van der Waals surface area (Å²) in [5.41, 5.74) is 1.73. The van der Waals surface area contributed by atoms with Crippen molar-refractivity contribution in [1.82, 2.24) is 10.3 Å². The molecule has 2 aromatic rings. The molecule has 0 aliphatic heterocycles. The molecule has 0 atom stereocenters. The molecule has 1 heterocycles. The van der Waals surface area contributed by atoms with Crippen LogP contribution in [0.25, 0.3) is 0 Å². The van der Waals surface area contributed by atoms with Crippen LogP contribution in [0.5, 0.6) is 5.75 Å². The van der Waals surface area contributed by atoms with Gasteiger partial charge in [-0.15, -0.1) is 11.3 Å². The zero-order chi connectivity index (χ0) is 19.6. The minimum Gasteiger partial charge on any atom is -0.497 e. The van der Waals surface area contributed by atoms with Gasteiger partial charge in [0.15, 0.2) is 5.13 Å². The molecule has 7 nitrogen and oxygen atoms in total. The van der Waals surface area contributed by atoms with Gasteiger partial charge in [-0.2, -0.15) is 0 Å². The molecule has 0 saturated heterocycles. The third-order valence-electron chi connectivity index (χ3n) is 3.55. The summed E-state index contributed by atoms with van der Waals surface area (Å²) in [4.78, 5) is 27.9. The molecule has 1 aromatic heterocycles. The van der Waals surface area contributed by atoms with Crippen LogP contribution in [0.1, 0.15) is 25.1 Å². The number of thiazole rings is 1. The van der Waals surface area contributed by atoms with Crippen molar-refractivity contribution in [2.75, 3.05) is 25.6 Å². The molecule has 2 N–H and O–H groups in total. The summed E-state index contributed by atoms with van der Waals surface area (Å²) in [6.07, 6.45) is 0.372. The number of carbonyl (C=O) groups is 2. The lowest BCUT2D eigenvalue weighted by atomic mass is 10.1. The summed E-state index contributed by atoms with van der Waals surface area (Å²) in [6.45, 7) is 4.81. The van der Waals surface area contributed by atoms with Gasteiger partial charge in [0.05, 0.1) is 25.8 Å². The molecule has 2 amide bonds. The van der Waals surface area contributed by atoms with Crippen LogP contribution in [0.3, 0.4) is 0 Å². The third kappa shape index (κ3) is 7.65. The molecule has 0 fully saturated rings. The van der Waals surface area contributed by atoms with E-state index < -0.39 is 6.09 Å². The Morgan fingerprint density at radius 1 is 1.22 bits per heavy atom. The largest absolute Gasteiger partial charge is 0.497 e. The molecule has 0 aliphatic rings. The normalized spacial score (nSPS) is 10.5. The lowest BCUT2D eigenvalue weighted by Gasteiger charge is -2.06. The molecule has 146 valence electrons. The van der Waals surface area contributed by atoms with Gasteiger partial charge in [-0.1, -0.05) is 26.0 Å². The van der Waals surface area contributed by atoms with Crippen molar-refractivity contribution in [3.8, 4) is 5.75 Å². The van der Waals surface area contributed by atoms with Crippen LogP contribution in [0.2, 0.25) is 0 Å². The lowest BCUT2D eigenvalue weighted by molar-refractivity contribution is -0.120. The van der Waals surface area contributed by atoms with Gasteiger partial charge in [0.1, 0.15) is 5.75 Å². The molecule has 0 radical (unpaired) electrons. The van der Waals surface area contributed by atoms with E-state index in [1.54, 1.807) is 12.5 Å². The van der Waals surface area contributed by atoms with E-state index in [4.69, 9.17) is 9.47 Å². The first-order chi connectivity index (χ1) is 13.0. The molecule has 0 aliphatic carbocycles. The molecule has 0 spiro atoms. The van der Waals surface area contributed by atoms with Crippen LogP contribution in [-0.4, -0.2) is 37.2 Å². The summed E-state index contributed by atoms with van der Waals surface area (Å²) in [7, 11) is 1.63. The number of carbonyl (C=O) groups excluding carboxylic acids is 2. The van der Waals surface area contributed by atoms with Crippen LogP contribution in [0.4, 0.5) is 9.93 Å². The first kappa shape index (κ1) is 20.7. The number of hydrogen-bond donors (Lipinski definition) is 2. The summed E-state index contributed by atoms with van der Waals surface area (Å²) in [6, 6.07) is 7.74. The number of rotatable bonds is 9. The summed E-state index contributed by atoms with van der Waals surface area (Å²) >= 11 is 1.26. The van der Waals surface area contributed by atoms with Gasteiger partial charge in [0.2, 0.25) is 5.91 Å². The van der Waals surface area contributed by atoms with Crippen LogP contribution in [0.15, 0.2) is 29.6 Å². The van der Waals surface area contributed by atoms with Gasteiger partial charge in [-0.3, -0.25) is 10.1 Å². The fourth-order valence-corrected chi connectivity index (χ4v) is 2.87. The Labute approximate surface area is 163 Å². The topological polar surface area (TPSA) is 89.6 Å². The van der Waals surface area contributed by atoms with Gasteiger partial charge in [0.25, 0.3) is 0 Å². The second-order valence-corrected chi connectivity index (χ2v) is 7.24. The minimum atomic E-state index is -0.534. The maximum atomic E-state index is 12.0. The van der Waals surface area contributed by atoms with Gasteiger partial charge in [0, 0.05) is 11.9 Å². The molecular formula is C19H25N3O4S. The molecule has 8 heteroatoms. The molecule has 27 heavy (non-hydrogen) atoms. The number of benzene rings is 1. The van der Waals surface area contributed by atoms with Gasteiger partial charge < -0.3 is 14.8 Å². The van der Waals surface area contributed by atoms with E-state index >= 15 is 0 Å². The predicted octanol–water partition coefficient (Wildman–Crippen LogP) is 3.26. The number of aromatic nitrogens is 1. The maximum Gasteiger partial charge on any atom is 0.413 e.